The predicted octanol–water partition coefficient (Wildman–Crippen LogP) is 0.796. The van der Waals surface area contributed by atoms with Crippen molar-refractivity contribution >= 4 is 11.6 Å². The number of amides is 1. The van der Waals surface area contributed by atoms with Gasteiger partial charge < -0.3 is 15.8 Å². The number of rotatable bonds is 4. The van der Waals surface area contributed by atoms with Gasteiger partial charge in [-0.05, 0) is 31.7 Å². The number of carbonyl (C=O) groups is 1. The van der Waals surface area contributed by atoms with Gasteiger partial charge in [0, 0.05) is 19.1 Å². The van der Waals surface area contributed by atoms with Crippen LogP contribution in [0.4, 0.5) is 5.69 Å². The molecule has 0 saturated heterocycles. The Hall–Kier alpha value is -1.59. The van der Waals surface area contributed by atoms with Crippen molar-refractivity contribution in [2.75, 3.05) is 25.5 Å². The Balaban J connectivity index is 2.11. The highest BCUT2D eigenvalue weighted by atomic mass is 16.5. The molecule has 1 aromatic rings. The van der Waals surface area contributed by atoms with Crippen molar-refractivity contribution in [3.63, 3.8) is 0 Å². The maximum atomic E-state index is 11.3. The van der Waals surface area contributed by atoms with E-state index in [1.165, 1.54) is 0 Å². The van der Waals surface area contributed by atoms with Crippen molar-refractivity contribution in [3.05, 3.63) is 23.8 Å². The lowest BCUT2D eigenvalue weighted by Gasteiger charge is -2.24. The molecule has 0 saturated carbocycles. The second kappa shape index (κ2) is 5.37. The van der Waals surface area contributed by atoms with Gasteiger partial charge in [0.05, 0.1) is 5.69 Å². The van der Waals surface area contributed by atoms with Crippen LogP contribution in [0.15, 0.2) is 18.2 Å². The number of nitrogens with one attached hydrogen (secondary N) is 1. The van der Waals surface area contributed by atoms with E-state index in [0.717, 1.165) is 23.5 Å². The third-order valence-corrected chi connectivity index (χ3v) is 3.20. The molecule has 1 aliphatic rings. The van der Waals surface area contributed by atoms with E-state index in [2.05, 4.69) is 17.1 Å². The van der Waals surface area contributed by atoms with Crippen LogP contribution in [-0.2, 0) is 11.3 Å². The zero-order valence-electron chi connectivity index (χ0n) is 10.8. The standard InChI is InChI=1S/C13H19N3O2/c1-9(6-14)16(2)7-10-3-4-12-11(5-10)15-13(17)8-18-12/h3-5,9H,6-8,14H2,1-2H3,(H,15,17). The summed E-state index contributed by atoms with van der Waals surface area (Å²) in [6, 6.07) is 6.18. The van der Waals surface area contributed by atoms with E-state index in [9.17, 15) is 4.79 Å². The van der Waals surface area contributed by atoms with Crippen LogP contribution in [0.1, 0.15) is 12.5 Å². The third-order valence-electron chi connectivity index (χ3n) is 3.20. The molecule has 0 aliphatic carbocycles. The molecular formula is C13H19N3O2. The van der Waals surface area contributed by atoms with Crippen LogP contribution in [0.5, 0.6) is 5.75 Å². The number of fused-ring (bicyclic) bond motifs is 1. The fourth-order valence-corrected chi connectivity index (χ4v) is 1.85. The first-order chi connectivity index (χ1) is 8.60. The van der Waals surface area contributed by atoms with Crippen LogP contribution in [0.2, 0.25) is 0 Å². The van der Waals surface area contributed by atoms with Gasteiger partial charge in [0.2, 0.25) is 0 Å². The monoisotopic (exact) mass is 249 g/mol. The number of hydrogen-bond donors (Lipinski definition) is 2. The molecule has 98 valence electrons. The van der Waals surface area contributed by atoms with Crippen LogP contribution >= 0.6 is 0 Å². The Morgan fingerprint density at radius 1 is 1.56 bits per heavy atom. The molecule has 1 heterocycles. The molecule has 5 heteroatoms. The SMILES string of the molecule is CC(CN)N(C)Cc1ccc2c(c1)NC(=O)CO2. The van der Waals surface area contributed by atoms with Crippen molar-refractivity contribution in [1.29, 1.82) is 0 Å². The van der Waals surface area contributed by atoms with Gasteiger partial charge in [-0.3, -0.25) is 9.69 Å². The number of hydrogen-bond acceptors (Lipinski definition) is 4. The number of ether oxygens (including phenoxy) is 1. The molecule has 5 nitrogen and oxygen atoms in total. The second-order valence-electron chi connectivity index (χ2n) is 4.67. The van der Waals surface area contributed by atoms with Gasteiger partial charge in [-0.1, -0.05) is 6.07 Å². The van der Waals surface area contributed by atoms with Crippen LogP contribution in [0, 0.1) is 0 Å². The number of nitrogens with zero attached hydrogens (tertiary/aromatic N) is 1. The average Bonchev–Trinajstić information content (AvgIpc) is 2.37. The summed E-state index contributed by atoms with van der Waals surface area (Å²) in [6.45, 7) is 3.60. The van der Waals surface area contributed by atoms with Crippen LogP contribution < -0.4 is 15.8 Å². The summed E-state index contributed by atoms with van der Waals surface area (Å²) in [4.78, 5) is 13.4. The molecule has 1 aromatic carbocycles. The first-order valence-electron chi connectivity index (χ1n) is 6.06. The predicted molar refractivity (Wildman–Crippen MR) is 70.6 cm³/mol. The summed E-state index contributed by atoms with van der Waals surface area (Å²) in [6.07, 6.45) is 0. The van der Waals surface area contributed by atoms with Crippen LogP contribution in [-0.4, -0.2) is 37.0 Å². The zero-order valence-corrected chi connectivity index (χ0v) is 10.8. The van der Waals surface area contributed by atoms with Gasteiger partial charge in [0.1, 0.15) is 5.75 Å². The highest BCUT2D eigenvalue weighted by Gasteiger charge is 2.16. The Morgan fingerprint density at radius 3 is 3.06 bits per heavy atom. The van der Waals surface area contributed by atoms with Gasteiger partial charge in [0.25, 0.3) is 5.91 Å². The Kier molecular flexibility index (Phi) is 3.84. The number of likely N-dealkylation sites (N-methyl/N-ethyl adjacent to an activating group) is 1. The quantitative estimate of drug-likeness (QED) is 0.828. The molecule has 2 rings (SSSR count). The van der Waals surface area contributed by atoms with Crippen molar-refractivity contribution in [2.45, 2.75) is 19.5 Å². The molecule has 0 fully saturated rings. The van der Waals surface area contributed by atoms with Crippen molar-refractivity contribution in [3.8, 4) is 5.75 Å². The molecule has 1 unspecified atom stereocenters. The van der Waals surface area contributed by atoms with Crippen LogP contribution in [0.3, 0.4) is 0 Å². The molecule has 1 atom stereocenters. The van der Waals surface area contributed by atoms with E-state index >= 15 is 0 Å². The molecule has 0 radical (unpaired) electrons. The molecule has 0 spiro atoms. The van der Waals surface area contributed by atoms with E-state index < -0.39 is 0 Å². The van der Waals surface area contributed by atoms with Gasteiger partial charge in [-0.15, -0.1) is 0 Å². The first-order valence-corrected chi connectivity index (χ1v) is 6.06. The summed E-state index contributed by atoms with van der Waals surface area (Å²) in [5.41, 5.74) is 7.51. The van der Waals surface area contributed by atoms with Crippen molar-refractivity contribution < 1.29 is 9.53 Å². The minimum Gasteiger partial charge on any atom is -0.482 e. The number of anilines is 1. The largest absolute Gasteiger partial charge is 0.482 e. The minimum absolute atomic E-state index is 0.0937. The Morgan fingerprint density at radius 2 is 2.33 bits per heavy atom. The lowest BCUT2D eigenvalue weighted by atomic mass is 10.1. The Bertz CT molecular complexity index is 448. The maximum absolute atomic E-state index is 11.3. The smallest absolute Gasteiger partial charge is 0.262 e. The van der Waals surface area contributed by atoms with Crippen LogP contribution in [0.25, 0.3) is 0 Å². The topological polar surface area (TPSA) is 67.6 Å². The third kappa shape index (κ3) is 2.80. The molecule has 1 aliphatic heterocycles. The van der Waals surface area contributed by atoms with Gasteiger partial charge in [-0.2, -0.15) is 0 Å². The molecule has 18 heavy (non-hydrogen) atoms. The molecular weight excluding hydrogens is 230 g/mol. The molecule has 0 bridgehead atoms. The Labute approximate surface area is 107 Å². The highest BCUT2D eigenvalue weighted by Crippen LogP contribution is 2.28. The number of nitrogens with two attached hydrogens (primary N) is 1. The number of benzene rings is 1. The fourth-order valence-electron chi connectivity index (χ4n) is 1.85. The minimum atomic E-state index is -0.108. The number of carbonyl (C=O) groups excluding carboxylic acids is 1. The zero-order chi connectivity index (χ0) is 13.1. The maximum Gasteiger partial charge on any atom is 0.262 e. The van der Waals surface area contributed by atoms with Crippen molar-refractivity contribution in [1.82, 2.24) is 4.90 Å². The van der Waals surface area contributed by atoms with Gasteiger partial charge in [0.15, 0.2) is 6.61 Å². The summed E-state index contributed by atoms with van der Waals surface area (Å²) >= 11 is 0. The highest BCUT2D eigenvalue weighted by molar-refractivity contribution is 5.95. The molecule has 1 amide bonds. The summed E-state index contributed by atoms with van der Waals surface area (Å²) in [5, 5.41) is 2.81. The van der Waals surface area contributed by atoms with E-state index in [-0.39, 0.29) is 12.5 Å². The first kappa shape index (κ1) is 12.9. The van der Waals surface area contributed by atoms with E-state index in [0.29, 0.717) is 12.6 Å². The fraction of sp³-hybridized carbons (Fsp3) is 0.462. The van der Waals surface area contributed by atoms with E-state index in [1.807, 2.05) is 25.2 Å². The molecule has 0 aromatic heterocycles. The van der Waals surface area contributed by atoms with Crippen molar-refractivity contribution in [2.24, 2.45) is 5.73 Å². The van der Waals surface area contributed by atoms with Gasteiger partial charge >= 0.3 is 0 Å². The summed E-state index contributed by atoms with van der Waals surface area (Å²) < 4.78 is 5.32. The second-order valence-corrected chi connectivity index (χ2v) is 4.67. The molecule has 3 N–H and O–H groups in total. The summed E-state index contributed by atoms with van der Waals surface area (Å²) in [5.74, 6) is 0.621. The van der Waals surface area contributed by atoms with Gasteiger partial charge in [-0.25, -0.2) is 0 Å². The lowest BCUT2D eigenvalue weighted by Crippen LogP contribution is -2.34. The lowest BCUT2D eigenvalue weighted by molar-refractivity contribution is -0.118. The normalized spacial score (nSPS) is 15.9. The van der Waals surface area contributed by atoms with E-state index in [1.54, 1.807) is 0 Å². The average molecular weight is 249 g/mol. The summed E-state index contributed by atoms with van der Waals surface area (Å²) in [7, 11) is 2.03. The van der Waals surface area contributed by atoms with E-state index in [4.69, 9.17) is 10.5 Å².